The lowest BCUT2D eigenvalue weighted by atomic mass is 10.1. The first kappa shape index (κ1) is 16.6. The highest BCUT2D eigenvalue weighted by Crippen LogP contribution is 2.16. The molecule has 25 heavy (non-hydrogen) atoms. The van der Waals surface area contributed by atoms with Crippen molar-refractivity contribution < 1.29 is 9.53 Å². The predicted octanol–water partition coefficient (Wildman–Crippen LogP) is 2.09. The van der Waals surface area contributed by atoms with E-state index >= 15 is 0 Å². The fraction of sp³-hybridized carbons (Fsp3) is 0.222. The van der Waals surface area contributed by atoms with Crippen molar-refractivity contribution in [2.75, 3.05) is 13.2 Å². The molecular formula is C18H19N5O2. The number of aromatic nitrogens is 4. The number of carbonyl (C=O) groups is 1. The molecule has 2 heterocycles. The van der Waals surface area contributed by atoms with Crippen molar-refractivity contribution in [1.29, 1.82) is 0 Å². The van der Waals surface area contributed by atoms with Crippen LogP contribution in [-0.2, 0) is 0 Å². The summed E-state index contributed by atoms with van der Waals surface area (Å²) in [7, 11) is 0. The summed E-state index contributed by atoms with van der Waals surface area (Å²) in [6.07, 6.45) is 4.51. The van der Waals surface area contributed by atoms with E-state index < -0.39 is 0 Å². The van der Waals surface area contributed by atoms with Crippen LogP contribution in [0.1, 0.15) is 21.5 Å². The SMILES string of the molecule is Cc1cc(C)cc(OCCNC(=O)c2cccnc2-n2cncn2)c1. The molecular weight excluding hydrogens is 318 g/mol. The fourth-order valence-corrected chi connectivity index (χ4v) is 2.52. The van der Waals surface area contributed by atoms with Gasteiger partial charge in [0.15, 0.2) is 5.82 Å². The molecule has 0 aliphatic rings. The molecule has 0 aliphatic carbocycles. The molecule has 1 amide bonds. The fourth-order valence-electron chi connectivity index (χ4n) is 2.52. The average Bonchev–Trinajstić information content (AvgIpc) is 3.12. The van der Waals surface area contributed by atoms with Crippen LogP contribution in [0.25, 0.3) is 5.82 Å². The first-order chi connectivity index (χ1) is 12.1. The standard InChI is InChI=1S/C18H19N5O2/c1-13-8-14(2)10-15(9-13)25-7-6-21-18(24)16-4-3-5-20-17(16)23-12-19-11-22-23/h3-5,8-12H,6-7H2,1-2H3,(H,21,24). The highest BCUT2D eigenvalue weighted by molar-refractivity contribution is 5.97. The number of nitrogens with zero attached hydrogens (tertiary/aromatic N) is 4. The number of rotatable bonds is 6. The van der Waals surface area contributed by atoms with Crippen LogP contribution in [0.5, 0.6) is 5.75 Å². The van der Waals surface area contributed by atoms with Gasteiger partial charge in [-0.15, -0.1) is 0 Å². The third kappa shape index (κ3) is 4.20. The van der Waals surface area contributed by atoms with Gasteiger partial charge in [-0.2, -0.15) is 5.10 Å². The second kappa shape index (κ2) is 7.57. The van der Waals surface area contributed by atoms with E-state index in [4.69, 9.17) is 4.74 Å². The van der Waals surface area contributed by atoms with Crippen molar-refractivity contribution in [2.24, 2.45) is 0 Å². The van der Waals surface area contributed by atoms with Gasteiger partial charge in [0.1, 0.15) is 25.0 Å². The third-order valence-electron chi connectivity index (χ3n) is 3.52. The van der Waals surface area contributed by atoms with Gasteiger partial charge in [0.25, 0.3) is 5.91 Å². The Bertz CT molecular complexity index is 841. The Labute approximate surface area is 145 Å². The van der Waals surface area contributed by atoms with Crippen molar-refractivity contribution in [1.82, 2.24) is 25.1 Å². The first-order valence-electron chi connectivity index (χ1n) is 7.93. The Balaban J connectivity index is 1.58. The molecule has 0 aliphatic heterocycles. The van der Waals surface area contributed by atoms with Gasteiger partial charge in [-0.1, -0.05) is 6.07 Å². The summed E-state index contributed by atoms with van der Waals surface area (Å²) in [6, 6.07) is 9.44. The number of ether oxygens (including phenoxy) is 1. The molecule has 1 aromatic carbocycles. The molecule has 0 fully saturated rings. The van der Waals surface area contributed by atoms with Gasteiger partial charge in [0, 0.05) is 6.20 Å². The maximum absolute atomic E-state index is 12.4. The number of amides is 1. The molecule has 0 atom stereocenters. The van der Waals surface area contributed by atoms with E-state index in [1.54, 1.807) is 18.3 Å². The van der Waals surface area contributed by atoms with Crippen molar-refractivity contribution in [3.05, 3.63) is 65.9 Å². The van der Waals surface area contributed by atoms with Gasteiger partial charge in [-0.05, 0) is 49.2 Å². The Morgan fingerprint density at radius 1 is 1.24 bits per heavy atom. The third-order valence-corrected chi connectivity index (χ3v) is 3.52. The highest BCUT2D eigenvalue weighted by Gasteiger charge is 2.13. The molecule has 1 N–H and O–H groups in total. The van der Waals surface area contributed by atoms with Crippen LogP contribution < -0.4 is 10.1 Å². The quantitative estimate of drug-likeness (QED) is 0.697. The van der Waals surface area contributed by atoms with Crippen molar-refractivity contribution in [3.63, 3.8) is 0 Å². The van der Waals surface area contributed by atoms with Crippen molar-refractivity contribution >= 4 is 5.91 Å². The molecule has 0 bridgehead atoms. The van der Waals surface area contributed by atoms with E-state index in [0.717, 1.165) is 16.9 Å². The normalized spacial score (nSPS) is 10.5. The van der Waals surface area contributed by atoms with Crippen molar-refractivity contribution in [3.8, 4) is 11.6 Å². The molecule has 3 rings (SSSR count). The minimum Gasteiger partial charge on any atom is -0.492 e. The lowest BCUT2D eigenvalue weighted by molar-refractivity contribution is 0.0946. The zero-order valence-corrected chi connectivity index (χ0v) is 14.1. The first-order valence-corrected chi connectivity index (χ1v) is 7.93. The van der Waals surface area contributed by atoms with Crippen LogP contribution in [0.3, 0.4) is 0 Å². The molecule has 2 aromatic heterocycles. The second-order valence-electron chi connectivity index (χ2n) is 5.64. The predicted molar refractivity (Wildman–Crippen MR) is 92.9 cm³/mol. The van der Waals surface area contributed by atoms with Gasteiger partial charge >= 0.3 is 0 Å². The van der Waals surface area contributed by atoms with E-state index in [-0.39, 0.29) is 5.91 Å². The number of hydrogen-bond acceptors (Lipinski definition) is 5. The summed E-state index contributed by atoms with van der Waals surface area (Å²) >= 11 is 0. The molecule has 0 saturated heterocycles. The lowest BCUT2D eigenvalue weighted by Crippen LogP contribution is -2.29. The Kier molecular flexibility index (Phi) is 5.03. The smallest absolute Gasteiger partial charge is 0.255 e. The van der Waals surface area contributed by atoms with Crippen LogP contribution >= 0.6 is 0 Å². The van der Waals surface area contributed by atoms with Crippen LogP contribution in [0, 0.1) is 13.8 Å². The number of hydrogen-bond donors (Lipinski definition) is 1. The number of nitrogens with one attached hydrogen (secondary N) is 1. The lowest BCUT2D eigenvalue weighted by Gasteiger charge is -2.11. The Morgan fingerprint density at radius 2 is 2.04 bits per heavy atom. The van der Waals surface area contributed by atoms with Crippen LogP contribution in [0.4, 0.5) is 0 Å². The molecule has 0 spiro atoms. The van der Waals surface area contributed by atoms with Crippen LogP contribution in [-0.4, -0.2) is 38.8 Å². The molecule has 128 valence electrons. The largest absolute Gasteiger partial charge is 0.492 e. The van der Waals surface area contributed by atoms with Crippen molar-refractivity contribution in [2.45, 2.75) is 13.8 Å². The van der Waals surface area contributed by atoms with Gasteiger partial charge in [0.2, 0.25) is 0 Å². The molecule has 0 unspecified atom stereocenters. The zero-order chi connectivity index (χ0) is 17.6. The minimum absolute atomic E-state index is 0.234. The monoisotopic (exact) mass is 337 g/mol. The number of benzene rings is 1. The topological polar surface area (TPSA) is 81.9 Å². The van der Waals surface area contributed by atoms with Gasteiger partial charge in [-0.3, -0.25) is 4.79 Å². The second-order valence-corrected chi connectivity index (χ2v) is 5.64. The maximum atomic E-state index is 12.4. The number of carbonyl (C=O) groups excluding carboxylic acids is 1. The summed E-state index contributed by atoms with van der Waals surface area (Å²) in [4.78, 5) is 20.5. The van der Waals surface area contributed by atoms with Crippen LogP contribution in [0.15, 0.2) is 49.2 Å². The van der Waals surface area contributed by atoms with Gasteiger partial charge < -0.3 is 10.1 Å². The summed E-state index contributed by atoms with van der Waals surface area (Å²) in [5.41, 5.74) is 2.72. The van der Waals surface area contributed by atoms with E-state index in [1.165, 1.54) is 17.3 Å². The Morgan fingerprint density at radius 3 is 2.76 bits per heavy atom. The minimum atomic E-state index is -0.234. The highest BCUT2D eigenvalue weighted by atomic mass is 16.5. The maximum Gasteiger partial charge on any atom is 0.255 e. The molecule has 7 nitrogen and oxygen atoms in total. The summed E-state index contributed by atoms with van der Waals surface area (Å²) < 4.78 is 7.16. The summed E-state index contributed by atoms with van der Waals surface area (Å²) in [5, 5.41) is 6.86. The molecule has 0 radical (unpaired) electrons. The van der Waals surface area contributed by atoms with E-state index in [0.29, 0.717) is 24.5 Å². The van der Waals surface area contributed by atoms with E-state index in [1.807, 2.05) is 26.0 Å². The van der Waals surface area contributed by atoms with E-state index in [9.17, 15) is 4.79 Å². The Hall–Kier alpha value is -3.22. The van der Waals surface area contributed by atoms with Gasteiger partial charge in [0.05, 0.1) is 12.1 Å². The number of aryl methyl sites for hydroxylation is 2. The average molecular weight is 337 g/mol. The molecule has 7 heteroatoms. The zero-order valence-electron chi connectivity index (χ0n) is 14.1. The van der Waals surface area contributed by atoms with Gasteiger partial charge in [-0.25, -0.2) is 14.6 Å². The summed E-state index contributed by atoms with van der Waals surface area (Å²) in [5.74, 6) is 1.01. The van der Waals surface area contributed by atoms with E-state index in [2.05, 4.69) is 26.4 Å². The summed E-state index contributed by atoms with van der Waals surface area (Å²) in [6.45, 7) is 4.82. The number of pyridine rings is 1. The molecule has 0 saturated carbocycles. The van der Waals surface area contributed by atoms with Crippen LogP contribution in [0.2, 0.25) is 0 Å². The molecule has 3 aromatic rings.